The number of aromatic hydroxyl groups is 1. The molecule has 0 saturated carbocycles. The molecule has 0 aliphatic carbocycles. The zero-order valence-corrected chi connectivity index (χ0v) is 16.6. The molecule has 0 saturated heterocycles. The molecule has 3 N–H and O–H groups in total. The van der Waals surface area contributed by atoms with Gasteiger partial charge in [0.1, 0.15) is 17.3 Å². The van der Waals surface area contributed by atoms with Crippen LogP contribution in [0, 0.1) is 0 Å². The molecule has 0 atom stereocenters. The lowest BCUT2D eigenvalue weighted by Gasteiger charge is -2.05. The van der Waals surface area contributed by atoms with E-state index in [4.69, 9.17) is 21.1 Å². The second-order valence-corrected chi connectivity index (χ2v) is 7.02. The van der Waals surface area contributed by atoms with Crippen LogP contribution in [0.1, 0.15) is 26.5 Å². The standard InChI is InChI=1S/C23H15ClN2O5/c24-19-7-5-15(23(29)30)10-17(19)21-8-6-16(31-21)12-25-26-22(28)18-9-13-3-1-2-4-14(13)11-20(18)27/h1-12,27H,(H,26,28)(H,29,30). The summed E-state index contributed by atoms with van der Waals surface area (Å²) < 4.78 is 5.63. The predicted molar refractivity (Wildman–Crippen MR) is 117 cm³/mol. The number of carboxylic acid groups (broad SMARTS) is 1. The smallest absolute Gasteiger partial charge is 0.335 e. The minimum Gasteiger partial charge on any atom is -0.507 e. The van der Waals surface area contributed by atoms with Gasteiger partial charge in [0.05, 0.1) is 22.4 Å². The van der Waals surface area contributed by atoms with Crippen molar-refractivity contribution in [3.05, 3.63) is 88.6 Å². The van der Waals surface area contributed by atoms with Gasteiger partial charge in [-0.25, -0.2) is 10.2 Å². The number of carboxylic acids is 1. The summed E-state index contributed by atoms with van der Waals surface area (Å²) in [5.74, 6) is -1.14. The second-order valence-electron chi connectivity index (χ2n) is 6.62. The molecule has 0 radical (unpaired) electrons. The topological polar surface area (TPSA) is 112 Å². The number of nitrogens with one attached hydrogen (secondary N) is 1. The molecule has 1 amide bonds. The maximum absolute atomic E-state index is 12.4. The van der Waals surface area contributed by atoms with Gasteiger partial charge in [0, 0.05) is 5.56 Å². The number of carbonyl (C=O) groups excluding carboxylic acids is 1. The maximum atomic E-state index is 12.4. The average molecular weight is 435 g/mol. The van der Waals surface area contributed by atoms with Crippen LogP contribution in [-0.4, -0.2) is 28.3 Å². The fraction of sp³-hybridized carbons (Fsp3) is 0. The van der Waals surface area contributed by atoms with E-state index in [-0.39, 0.29) is 16.9 Å². The van der Waals surface area contributed by atoms with Crippen molar-refractivity contribution >= 4 is 40.5 Å². The molecular weight excluding hydrogens is 420 g/mol. The van der Waals surface area contributed by atoms with Gasteiger partial charge in [-0.15, -0.1) is 0 Å². The number of furan rings is 1. The summed E-state index contributed by atoms with van der Waals surface area (Å²) in [5, 5.41) is 25.1. The van der Waals surface area contributed by atoms with E-state index >= 15 is 0 Å². The van der Waals surface area contributed by atoms with Gasteiger partial charge in [0.2, 0.25) is 0 Å². The van der Waals surface area contributed by atoms with Crippen LogP contribution >= 0.6 is 11.6 Å². The maximum Gasteiger partial charge on any atom is 0.335 e. The Labute approximate surface area is 181 Å². The summed E-state index contributed by atoms with van der Waals surface area (Å²) >= 11 is 6.15. The summed E-state index contributed by atoms with van der Waals surface area (Å²) in [4.78, 5) is 23.6. The van der Waals surface area contributed by atoms with E-state index < -0.39 is 11.9 Å². The van der Waals surface area contributed by atoms with E-state index in [1.54, 1.807) is 18.2 Å². The van der Waals surface area contributed by atoms with Crippen molar-refractivity contribution < 1.29 is 24.2 Å². The summed E-state index contributed by atoms with van der Waals surface area (Å²) in [5.41, 5.74) is 2.93. The van der Waals surface area contributed by atoms with E-state index in [0.717, 1.165) is 10.8 Å². The Kier molecular flexibility index (Phi) is 5.43. The molecule has 0 spiro atoms. The van der Waals surface area contributed by atoms with Crippen molar-refractivity contribution in [2.75, 3.05) is 0 Å². The van der Waals surface area contributed by atoms with Gasteiger partial charge in [-0.05, 0) is 53.2 Å². The molecule has 0 aliphatic heterocycles. The lowest BCUT2D eigenvalue weighted by molar-refractivity contribution is 0.0696. The third-order valence-electron chi connectivity index (χ3n) is 4.57. The number of phenols is 1. The van der Waals surface area contributed by atoms with Gasteiger partial charge in [-0.3, -0.25) is 4.79 Å². The van der Waals surface area contributed by atoms with Crippen LogP contribution in [0.3, 0.4) is 0 Å². The number of phenolic OH excluding ortho intramolecular Hbond substituents is 1. The first-order chi connectivity index (χ1) is 14.9. The fourth-order valence-corrected chi connectivity index (χ4v) is 3.25. The van der Waals surface area contributed by atoms with Gasteiger partial charge in [0.25, 0.3) is 5.91 Å². The van der Waals surface area contributed by atoms with Crippen LogP contribution in [-0.2, 0) is 0 Å². The SMILES string of the molecule is O=C(O)c1ccc(Cl)c(-c2ccc(C=NNC(=O)c3cc4ccccc4cc3O)o2)c1. The number of hydrazone groups is 1. The number of carbonyl (C=O) groups is 2. The van der Waals surface area contributed by atoms with E-state index in [1.807, 2.05) is 24.3 Å². The molecule has 0 aliphatic rings. The van der Waals surface area contributed by atoms with Crippen molar-refractivity contribution in [2.24, 2.45) is 5.10 Å². The second kappa shape index (κ2) is 8.33. The molecule has 1 heterocycles. The first kappa shape index (κ1) is 20.2. The largest absolute Gasteiger partial charge is 0.507 e. The van der Waals surface area contributed by atoms with Crippen molar-refractivity contribution in [2.45, 2.75) is 0 Å². The quantitative estimate of drug-likeness (QED) is 0.305. The lowest BCUT2D eigenvalue weighted by Crippen LogP contribution is -2.17. The van der Waals surface area contributed by atoms with Crippen molar-refractivity contribution in [1.29, 1.82) is 0 Å². The van der Waals surface area contributed by atoms with Crippen molar-refractivity contribution in [3.63, 3.8) is 0 Å². The number of nitrogens with zero attached hydrogens (tertiary/aromatic N) is 1. The molecule has 4 rings (SSSR count). The summed E-state index contributed by atoms with van der Waals surface area (Å²) in [6.07, 6.45) is 1.29. The minimum atomic E-state index is -1.08. The lowest BCUT2D eigenvalue weighted by atomic mass is 10.1. The molecule has 1 aromatic heterocycles. The normalized spacial score (nSPS) is 11.1. The van der Waals surface area contributed by atoms with Crippen LogP contribution in [0.5, 0.6) is 5.75 Å². The molecule has 4 aromatic rings. The van der Waals surface area contributed by atoms with Gasteiger partial charge in [-0.2, -0.15) is 5.10 Å². The Morgan fingerprint density at radius 3 is 2.48 bits per heavy atom. The number of aromatic carboxylic acids is 1. The first-order valence-corrected chi connectivity index (χ1v) is 9.48. The van der Waals surface area contributed by atoms with Crippen LogP contribution in [0.2, 0.25) is 5.02 Å². The van der Waals surface area contributed by atoms with Crippen LogP contribution in [0.4, 0.5) is 0 Å². The monoisotopic (exact) mass is 434 g/mol. The van der Waals surface area contributed by atoms with Crippen molar-refractivity contribution in [3.8, 4) is 17.1 Å². The summed E-state index contributed by atoms with van der Waals surface area (Å²) in [7, 11) is 0. The predicted octanol–water partition coefficient (Wildman–Crippen LogP) is 4.92. The molecule has 154 valence electrons. The number of fused-ring (bicyclic) bond motifs is 1. The Balaban J connectivity index is 1.50. The third-order valence-corrected chi connectivity index (χ3v) is 4.90. The van der Waals surface area contributed by atoms with Crippen LogP contribution in [0.25, 0.3) is 22.1 Å². The molecule has 3 aromatic carbocycles. The van der Waals surface area contributed by atoms with Gasteiger partial charge >= 0.3 is 5.97 Å². The Morgan fingerprint density at radius 1 is 1.00 bits per heavy atom. The number of benzene rings is 3. The van der Waals surface area contributed by atoms with Gasteiger partial charge < -0.3 is 14.6 Å². The molecule has 31 heavy (non-hydrogen) atoms. The fourth-order valence-electron chi connectivity index (χ4n) is 3.04. The van der Waals surface area contributed by atoms with E-state index in [9.17, 15) is 14.7 Å². The third kappa shape index (κ3) is 4.26. The van der Waals surface area contributed by atoms with E-state index in [2.05, 4.69) is 10.5 Å². The molecule has 8 heteroatoms. The Bertz CT molecular complexity index is 1340. The first-order valence-electron chi connectivity index (χ1n) is 9.10. The number of halogens is 1. The molecule has 7 nitrogen and oxygen atoms in total. The number of hydrogen-bond donors (Lipinski definition) is 3. The molecule has 0 unspecified atom stereocenters. The van der Waals surface area contributed by atoms with Crippen molar-refractivity contribution in [1.82, 2.24) is 5.43 Å². The highest BCUT2D eigenvalue weighted by Gasteiger charge is 2.13. The van der Waals surface area contributed by atoms with E-state index in [1.165, 1.54) is 30.5 Å². The zero-order valence-electron chi connectivity index (χ0n) is 15.9. The average Bonchev–Trinajstić information content (AvgIpc) is 3.22. The van der Waals surface area contributed by atoms with E-state index in [0.29, 0.717) is 22.1 Å². The molecule has 0 fully saturated rings. The summed E-state index contributed by atoms with van der Waals surface area (Å²) in [6, 6.07) is 18.0. The number of hydrogen-bond acceptors (Lipinski definition) is 5. The highest BCUT2D eigenvalue weighted by Crippen LogP contribution is 2.30. The number of rotatable bonds is 5. The van der Waals surface area contributed by atoms with Gasteiger partial charge in [0.15, 0.2) is 0 Å². The highest BCUT2D eigenvalue weighted by molar-refractivity contribution is 6.33. The Hall–Kier alpha value is -4.10. The zero-order chi connectivity index (χ0) is 22.0. The summed E-state index contributed by atoms with van der Waals surface area (Å²) in [6.45, 7) is 0. The molecular formula is C23H15ClN2O5. The Morgan fingerprint density at radius 2 is 1.74 bits per heavy atom. The van der Waals surface area contributed by atoms with Gasteiger partial charge in [-0.1, -0.05) is 35.9 Å². The molecule has 0 bridgehead atoms. The minimum absolute atomic E-state index is 0.0773. The van der Waals surface area contributed by atoms with Crippen LogP contribution < -0.4 is 5.43 Å². The van der Waals surface area contributed by atoms with Crippen LogP contribution in [0.15, 0.2) is 76.2 Å². The number of amides is 1. The highest BCUT2D eigenvalue weighted by atomic mass is 35.5.